The SMILES string of the molecule is CC1CN(c2ccc(C(C)N)c(Cl)c2)CC(C)O1. The van der Waals surface area contributed by atoms with Gasteiger partial charge in [0.2, 0.25) is 0 Å². The lowest BCUT2D eigenvalue weighted by Gasteiger charge is -2.37. The molecule has 18 heavy (non-hydrogen) atoms. The summed E-state index contributed by atoms with van der Waals surface area (Å²) in [5.41, 5.74) is 8.01. The van der Waals surface area contributed by atoms with Crippen LogP contribution in [-0.4, -0.2) is 25.3 Å². The zero-order valence-electron chi connectivity index (χ0n) is 11.2. The number of hydrogen-bond donors (Lipinski definition) is 1. The van der Waals surface area contributed by atoms with E-state index in [1.807, 2.05) is 19.1 Å². The highest BCUT2D eigenvalue weighted by molar-refractivity contribution is 6.31. The standard InChI is InChI=1S/C14H21ClN2O/c1-9-7-17(8-10(2)18-9)12-4-5-13(11(3)16)14(15)6-12/h4-6,9-11H,7-8,16H2,1-3H3. The van der Waals surface area contributed by atoms with E-state index in [-0.39, 0.29) is 18.2 Å². The minimum atomic E-state index is -0.0333. The molecule has 0 radical (unpaired) electrons. The quantitative estimate of drug-likeness (QED) is 0.896. The summed E-state index contributed by atoms with van der Waals surface area (Å²) in [5, 5.41) is 0.745. The predicted octanol–water partition coefficient (Wildman–Crippen LogP) is 2.97. The molecule has 1 saturated heterocycles. The fourth-order valence-corrected chi connectivity index (χ4v) is 2.82. The van der Waals surface area contributed by atoms with Gasteiger partial charge in [0.1, 0.15) is 0 Å². The molecule has 1 aliphatic rings. The van der Waals surface area contributed by atoms with Crippen LogP contribution in [0.4, 0.5) is 5.69 Å². The lowest BCUT2D eigenvalue weighted by atomic mass is 10.1. The van der Waals surface area contributed by atoms with Gasteiger partial charge in [-0.15, -0.1) is 0 Å². The van der Waals surface area contributed by atoms with Crippen LogP contribution >= 0.6 is 11.6 Å². The van der Waals surface area contributed by atoms with Gasteiger partial charge in [-0.25, -0.2) is 0 Å². The van der Waals surface area contributed by atoms with Gasteiger partial charge in [0.05, 0.1) is 12.2 Å². The smallest absolute Gasteiger partial charge is 0.0726 e. The second-order valence-electron chi connectivity index (χ2n) is 5.16. The van der Waals surface area contributed by atoms with Crippen LogP contribution in [0.25, 0.3) is 0 Å². The van der Waals surface area contributed by atoms with Gasteiger partial charge in [-0.2, -0.15) is 0 Å². The molecule has 4 heteroatoms. The number of rotatable bonds is 2. The maximum Gasteiger partial charge on any atom is 0.0726 e. The topological polar surface area (TPSA) is 38.5 Å². The van der Waals surface area contributed by atoms with Crippen LogP contribution in [0.5, 0.6) is 0 Å². The van der Waals surface area contributed by atoms with Crippen molar-refractivity contribution in [1.29, 1.82) is 0 Å². The second-order valence-corrected chi connectivity index (χ2v) is 5.56. The first kappa shape index (κ1) is 13.7. The fraction of sp³-hybridized carbons (Fsp3) is 0.571. The molecule has 3 nitrogen and oxygen atoms in total. The molecule has 0 amide bonds. The van der Waals surface area contributed by atoms with Crippen molar-refractivity contribution >= 4 is 17.3 Å². The Kier molecular flexibility index (Phi) is 4.15. The molecule has 3 atom stereocenters. The molecule has 0 aliphatic carbocycles. The summed E-state index contributed by atoms with van der Waals surface area (Å²) >= 11 is 6.28. The third-order valence-corrected chi connectivity index (χ3v) is 3.59. The largest absolute Gasteiger partial charge is 0.372 e. The van der Waals surface area contributed by atoms with E-state index in [2.05, 4.69) is 24.8 Å². The fourth-order valence-electron chi connectivity index (χ4n) is 2.47. The summed E-state index contributed by atoms with van der Waals surface area (Å²) in [5.74, 6) is 0. The summed E-state index contributed by atoms with van der Waals surface area (Å²) in [6, 6.07) is 6.09. The number of morpholine rings is 1. The van der Waals surface area contributed by atoms with E-state index < -0.39 is 0 Å². The zero-order chi connectivity index (χ0) is 13.3. The minimum Gasteiger partial charge on any atom is -0.372 e. The average molecular weight is 269 g/mol. The highest BCUT2D eigenvalue weighted by Gasteiger charge is 2.22. The van der Waals surface area contributed by atoms with E-state index in [9.17, 15) is 0 Å². The Hall–Kier alpha value is -0.770. The van der Waals surface area contributed by atoms with Crippen LogP contribution in [0, 0.1) is 0 Å². The third-order valence-electron chi connectivity index (χ3n) is 3.26. The van der Waals surface area contributed by atoms with E-state index >= 15 is 0 Å². The lowest BCUT2D eigenvalue weighted by Crippen LogP contribution is -2.45. The molecule has 0 aromatic heterocycles. The van der Waals surface area contributed by atoms with Gasteiger partial charge in [-0.05, 0) is 38.5 Å². The second kappa shape index (κ2) is 5.47. The van der Waals surface area contributed by atoms with Crippen molar-refractivity contribution in [2.45, 2.75) is 39.0 Å². The van der Waals surface area contributed by atoms with Gasteiger partial charge in [0, 0.05) is 29.8 Å². The predicted molar refractivity (Wildman–Crippen MR) is 76.3 cm³/mol. The molecular weight excluding hydrogens is 248 g/mol. The number of nitrogens with two attached hydrogens (primary N) is 1. The van der Waals surface area contributed by atoms with Crippen molar-refractivity contribution in [3.05, 3.63) is 28.8 Å². The third kappa shape index (κ3) is 2.97. The molecule has 3 unspecified atom stereocenters. The number of hydrogen-bond acceptors (Lipinski definition) is 3. The Bertz CT molecular complexity index is 412. The van der Waals surface area contributed by atoms with Crippen molar-refractivity contribution in [1.82, 2.24) is 0 Å². The Balaban J connectivity index is 2.21. The summed E-state index contributed by atoms with van der Waals surface area (Å²) in [6.45, 7) is 7.94. The summed E-state index contributed by atoms with van der Waals surface area (Å²) in [6.07, 6.45) is 0.501. The Morgan fingerprint density at radius 3 is 2.44 bits per heavy atom. The summed E-state index contributed by atoms with van der Waals surface area (Å²) < 4.78 is 5.74. The Labute approximate surface area is 114 Å². The first-order chi connectivity index (χ1) is 8.47. The van der Waals surface area contributed by atoms with Crippen molar-refractivity contribution in [2.24, 2.45) is 5.73 Å². The zero-order valence-corrected chi connectivity index (χ0v) is 11.9. The number of halogens is 1. The molecule has 0 bridgehead atoms. The molecule has 1 aliphatic heterocycles. The van der Waals surface area contributed by atoms with Gasteiger partial charge in [-0.1, -0.05) is 17.7 Å². The molecule has 2 rings (SSSR count). The molecular formula is C14H21ClN2O. The maximum absolute atomic E-state index is 6.28. The van der Waals surface area contributed by atoms with Crippen molar-refractivity contribution in [3.8, 4) is 0 Å². The van der Waals surface area contributed by atoms with E-state index in [4.69, 9.17) is 22.1 Å². The normalized spacial score (nSPS) is 26.2. The molecule has 1 aromatic rings. The van der Waals surface area contributed by atoms with E-state index in [1.165, 1.54) is 0 Å². The van der Waals surface area contributed by atoms with Gasteiger partial charge in [-0.3, -0.25) is 0 Å². The van der Waals surface area contributed by atoms with E-state index in [0.29, 0.717) is 0 Å². The molecule has 0 spiro atoms. The van der Waals surface area contributed by atoms with Crippen molar-refractivity contribution in [3.63, 3.8) is 0 Å². The highest BCUT2D eigenvalue weighted by Crippen LogP contribution is 2.28. The molecule has 0 saturated carbocycles. The number of nitrogens with zero attached hydrogens (tertiary/aromatic N) is 1. The maximum atomic E-state index is 6.28. The van der Waals surface area contributed by atoms with Crippen LogP contribution in [0.15, 0.2) is 18.2 Å². The van der Waals surface area contributed by atoms with Crippen molar-refractivity contribution < 1.29 is 4.74 Å². The first-order valence-corrected chi connectivity index (χ1v) is 6.80. The van der Waals surface area contributed by atoms with Crippen molar-refractivity contribution in [2.75, 3.05) is 18.0 Å². The summed E-state index contributed by atoms with van der Waals surface area (Å²) in [4.78, 5) is 2.32. The van der Waals surface area contributed by atoms with Gasteiger partial charge >= 0.3 is 0 Å². The number of anilines is 1. The van der Waals surface area contributed by atoms with Crippen LogP contribution in [-0.2, 0) is 4.74 Å². The lowest BCUT2D eigenvalue weighted by molar-refractivity contribution is -0.00521. The molecule has 1 heterocycles. The van der Waals surface area contributed by atoms with Crippen LogP contribution < -0.4 is 10.6 Å². The summed E-state index contributed by atoms with van der Waals surface area (Å²) in [7, 11) is 0. The van der Waals surface area contributed by atoms with E-state index in [1.54, 1.807) is 0 Å². The van der Waals surface area contributed by atoms with Gasteiger partial charge in [0.25, 0.3) is 0 Å². The van der Waals surface area contributed by atoms with E-state index in [0.717, 1.165) is 29.4 Å². The van der Waals surface area contributed by atoms with Gasteiger partial charge in [0.15, 0.2) is 0 Å². The van der Waals surface area contributed by atoms with Crippen LogP contribution in [0.2, 0.25) is 5.02 Å². The molecule has 1 fully saturated rings. The number of benzene rings is 1. The highest BCUT2D eigenvalue weighted by atomic mass is 35.5. The first-order valence-electron chi connectivity index (χ1n) is 6.43. The molecule has 2 N–H and O–H groups in total. The molecule has 100 valence electrons. The van der Waals surface area contributed by atoms with Crippen LogP contribution in [0.1, 0.15) is 32.4 Å². The monoisotopic (exact) mass is 268 g/mol. The minimum absolute atomic E-state index is 0.0333. The molecule has 1 aromatic carbocycles. The number of ether oxygens (including phenoxy) is 1. The Morgan fingerprint density at radius 1 is 1.33 bits per heavy atom. The van der Waals surface area contributed by atoms with Crippen LogP contribution in [0.3, 0.4) is 0 Å². The average Bonchev–Trinajstić information content (AvgIpc) is 2.26. The Morgan fingerprint density at radius 2 is 1.94 bits per heavy atom. The van der Waals surface area contributed by atoms with Gasteiger partial charge < -0.3 is 15.4 Å².